The summed E-state index contributed by atoms with van der Waals surface area (Å²) in [6.07, 6.45) is -2.60. The summed E-state index contributed by atoms with van der Waals surface area (Å²) in [6, 6.07) is 4.67. The number of nitrogens with zero attached hydrogens (tertiary/aromatic N) is 1. The number of amides is 1. The minimum atomic E-state index is -2.60. The molecule has 0 saturated heterocycles. The van der Waals surface area contributed by atoms with E-state index in [1.54, 1.807) is 13.8 Å². The van der Waals surface area contributed by atoms with Gasteiger partial charge in [-0.15, -0.1) is 12.4 Å². The predicted molar refractivity (Wildman–Crippen MR) is 65.8 cm³/mol. The summed E-state index contributed by atoms with van der Waals surface area (Å²) in [5.74, 6) is -1.14. The Kier molecular flexibility index (Phi) is 6.76. The van der Waals surface area contributed by atoms with Crippen molar-refractivity contribution < 1.29 is 18.0 Å². The quantitative estimate of drug-likeness (QED) is 0.829. The number of carbonyl (C=O) groups excluding carboxylic acids is 1. The first-order valence-corrected chi connectivity index (χ1v) is 5.26. The minimum Gasteiger partial charge on any atom is -0.330 e. The van der Waals surface area contributed by atoms with Crippen LogP contribution in [0.2, 0.25) is 0 Å². The molecule has 0 heterocycles. The van der Waals surface area contributed by atoms with Crippen LogP contribution in [0.25, 0.3) is 0 Å². The second-order valence-electron chi connectivity index (χ2n) is 3.95. The Labute approximate surface area is 110 Å². The van der Waals surface area contributed by atoms with Crippen molar-refractivity contribution in [2.75, 3.05) is 6.54 Å². The fourth-order valence-corrected chi connectivity index (χ4v) is 1.46. The SMILES string of the molecule is CC(C)N(CC(F)F)C(=O)c1cccc(F)c1.Cl. The highest BCUT2D eigenvalue weighted by Crippen LogP contribution is 2.12. The number of rotatable bonds is 4. The van der Waals surface area contributed by atoms with Crippen LogP contribution in [0.15, 0.2) is 24.3 Å². The fourth-order valence-electron chi connectivity index (χ4n) is 1.46. The molecule has 0 fully saturated rings. The number of hydrogen-bond donors (Lipinski definition) is 0. The van der Waals surface area contributed by atoms with Gasteiger partial charge in [-0.05, 0) is 32.0 Å². The molecule has 0 aliphatic rings. The van der Waals surface area contributed by atoms with Crippen LogP contribution in [0, 0.1) is 5.82 Å². The Balaban J connectivity index is 0.00000289. The van der Waals surface area contributed by atoms with Crippen LogP contribution in [-0.2, 0) is 0 Å². The number of carbonyl (C=O) groups is 1. The van der Waals surface area contributed by atoms with Gasteiger partial charge in [0.2, 0.25) is 0 Å². The minimum absolute atomic E-state index is 0. The van der Waals surface area contributed by atoms with Gasteiger partial charge in [-0.2, -0.15) is 0 Å². The molecule has 0 radical (unpaired) electrons. The molecule has 18 heavy (non-hydrogen) atoms. The van der Waals surface area contributed by atoms with Gasteiger partial charge >= 0.3 is 0 Å². The van der Waals surface area contributed by atoms with Crippen LogP contribution in [0.4, 0.5) is 13.2 Å². The van der Waals surface area contributed by atoms with E-state index >= 15 is 0 Å². The van der Waals surface area contributed by atoms with Crippen LogP contribution >= 0.6 is 12.4 Å². The maximum atomic E-state index is 12.9. The number of alkyl halides is 2. The molecule has 6 heteroatoms. The molecular formula is C12H15ClF3NO. The summed E-state index contributed by atoms with van der Waals surface area (Å²) >= 11 is 0. The van der Waals surface area contributed by atoms with Crippen LogP contribution in [0.5, 0.6) is 0 Å². The first-order valence-electron chi connectivity index (χ1n) is 5.26. The normalized spacial score (nSPS) is 10.4. The van der Waals surface area contributed by atoms with Gasteiger partial charge < -0.3 is 4.90 Å². The molecule has 0 atom stereocenters. The Bertz CT molecular complexity index is 399. The van der Waals surface area contributed by atoms with Crippen molar-refractivity contribution in [3.05, 3.63) is 35.6 Å². The summed E-state index contributed by atoms with van der Waals surface area (Å²) in [4.78, 5) is 12.9. The first kappa shape index (κ1) is 16.8. The highest BCUT2D eigenvalue weighted by atomic mass is 35.5. The van der Waals surface area contributed by atoms with E-state index < -0.39 is 24.7 Å². The van der Waals surface area contributed by atoms with Gasteiger partial charge in [0.1, 0.15) is 5.82 Å². The maximum absolute atomic E-state index is 12.9. The molecule has 0 aliphatic heterocycles. The zero-order chi connectivity index (χ0) is 13.0. The summed E-state index contributed by atoms with van der Waals surface area (Å²) in [7, 11) is 0. The van der Waals surface area contributed by atoms with Gasteiger partial charge in [0.05, 0.1) is 6.54 Å². The summed E-state index contributed by atoms with van der Waals surface area (Å²) in [5.41, 5.74) is 0.0827. The third kappa shape index (κ3) is 4.56. The highest BCUT2D eigenvalue weighted by molar-refractivity contribution is 5.94. The van der Waals surface area contributed by atoms with E-state index in [9.17, 15) is 18.0 Å². The van der Waals surface area contributed by atoms with Crippen molar-refractivity contribution in [3.63, 3.8) is 0 Å². The predicted octanol–water partition coefficient (Wildman–Crippen LogP) is 3.36. The summed E-state index contributed by atoms with van der Waals surface area (Å²) in [6.45, 7) is 2.63. The smallest absolute Gasteiger partial charge is 0.255 e. The Morgan fingerprint density at radius 1 is 1.33 bits per heavy atom. The van der Waals surface area contributed by atoms with Gasteiger partial charge in [0, 0.05) is 11.6 Å². The van der Waals surface area contributed by atoms with Crippen LogP contribution in [0.1, 0.15) is 24.2 Å². The molecule has 0 aromatic heterocycles. The van der Waals surface area contributed by atoms with E-state index in [4.69, 9.17) is 0 Å². The molecule has 1 rings (SSSR count). The second-order valence-corrected chi connectivity index (χ2v) is 3.95. The Hall–Kier alpha value is -1.23. The van der Waals surface area contributed by atoms with Gasteiger partial charge in [0.15, 0.2) is 0 Å². The van der Waals surface area contributed by atoms with E-state index in [1.807, 2.05) is 0 Å². The lowest BCUT2D eigenvalue weighted by molar-refractivity contribution is 0.0476. The molecular weight excluding hydrogens is 267 g/mol. The summed E-state index contributed by atoms with van der Waals surface area (Å²) in [5, 5.41) is 0. The maximum Gasteiger partial charge on any atom is 0.255 e. The van der Waals surface area contributed by atoms with Gasteiger partial charge in [-0.3, -0.25) is 4.79 Å². The number of benzene rings is 1. The molecule has 0 bridgehead atoms. The average Bonchev–Trinajstić information content (AvgIpc) is 2.24. The number of halogens is 4. The van der Waals surface area contributed by atoms with Crippen molar-refractivity contribution in [3.8, 4) is 0 Å². The molecule has 1 amide bonds. The third-order valence-electron chi connectivity index (χ3n) is 2.29. The standard InChI is InChI=1S/C12H14F3NO.ClH/c1-8(2)16(7-11(14)15)12(17)9-4-3-5-10(13)6-9;/h3-6,8,11H,7H2,1-2H3;1H. The van der Waals surface area contributed by atoms with E-state index in [2.05, 4.69) is 0 Å². The van der Waals surface area contributed by atoms with Gasteiger partial charge in [0.25, 0.3) is 12.3 Å². The molecule has 1 aromatic rings. The van der Waals surface area contributed by atoms with Gasteiger partial charge in [-0.25, -0.2) is 13.2 Å². The lowest BCUT2D eigenvalue weighted by Crippen LogP contribution is -2.40. The average molecular weight is 282 g/mol. The van der Waals surface area contributed by atoms with Crippen molar-refractivity contribution in [1.82, 2.24) is 4.90 Å². The Morgan fingerprint density at radius 2 is 1.94 bits per heavy atom. The monoisotopic (exact) mass is 281 g/mol. The van der Waals surface area contributed by atoms with E-state index in [1.165, 1.54) is 18.2 Å². The van der Waals surface area contributed by atoms with E-state index in [0.29, 0.717) is 0 Å². The topological polar surface area (TPSA) is 20.3 Å². The van der Waals surface area contributed by atoms with E-state index in [0.717, 1.165) is 11.0 Å². The lowest BCUT2D eigenvalue weighted by Gasteiger charge is -2.26. The zero-order valence-corrected chi connectivity index (χ0v) is 10.9. The third-order valence-corrected chi connectivity index (χ3v) is 2.29. The molecule has 1 aromatic carbocycles. The molecule has 0 saturated carbocycles. The van der Waals surface area contributed by atoms with Crippen LogP contribution < -0.4 is 0 Å². The van der Waals surface area contributed by atoms with Gasteiger partial charge in [-0.1, -0.05) is 6.07 Å². The van der Waals surface area contributed by atoms with Crippen LogP contribution in [0.3, 0.4) is 0 Å². The zero-order valence-electron chi connectivity index (χ0n) is 10.1. The van der Waals surface area contributed by atoms with Crippen molar-refractivity contribution in [2.24, 2.45) is 0 Å². The molecule has 0 spiro atoms. The summed E-state index contributed by atoms with van der Waals surface area (Å²) < 4.78 is 37.6. The highest BCUT2D eigenvalue weighted by Gasteiger charge is 2.22. The Morgan fingerprint density at radius 3 is 2.39 bits per heavy atom. The fraction of sp³-hybridized carbons (Fsp3) is 0.417. The van der Waals surface area contributed by atoms with Crippen molar-refractivity contribution in [1.29, 1.82) is 0 Å². The molecule has 0 N–H and O–H groups in total. The second kappa shape index (κ2) is 7.26. The molecule has 102 valence electrons. The van der Waals surface area contributed by atoms with E-state index in [-0.39, 0.29) is 24.0 Å². The van der Waals surface area contributed by atoms with Crippen molar-refractivity contribution >= 4 is 18.3 Å². The largest absolute Gasteiger partial charge is 0.330 e. The van der Waals surface area contributed by atoms with Crippen molar-refractivity contribution in [2.45, 2.75) is 26.3 Å². The van der Waals surface area contributed by atoms with Crippen LogP contribution in [-0.4, -0.2) is 29.8 Å². The molecule has 0 aliphatic carbocycles. The number of hydrogen-bond acceptors (Lipinski definition) is 1. The molecule has 0 unspecified atom stereocenters. The lowest BCUT2D eigenvalue weighted by atomic mass is 10.1. The molecule has 2 nitrogen and oxygen atoms in total. The first-order chi connectivity index (χ1) is 7.91.